The molecule has 2 rings (SSSR count). The molecule has 0 aromatic carbocycles. The average Bonchev–Trinajstić information content (AvgIpc) is 2.65. The highest BCUT2D eigenvalue weighted by Gasteiger charge is 2.42. The van der Waals surface area contributed by atoms with Gasteiger partial charge in [0.25, 0.3) is 0 Å². The Bertz CT molecular complexity index is 247. The number of rotatable bonds is 3. The molecule has 2 bridgehead atoms. The number of aliphatic carboxylic acids is 1. The summed E-state index contributed by atoms with van der Waals surface area (Å²) < 4.78 is 5.54. The van der Waals surface area contributed by atoms with Crippen molar-refractivity contribution in [2.45, 2.75) is 32.0 Å². The molecule has 72 valence electrons. The maximum absolute atomic E-state index is 10.9. The van der Waals surface area contributed by atoms with Gasteiger partial charge >= 0.3 is 5.97 Å². The highest BCUT2D eigenvalue weighted by Crippen LogP contribution is 2.39. The van der Waals surface area contributed by atoms with Crippen LogP contribution in [0.5, 0.6) is 0 Å². The van der Waals surface area contributed by atoms with Crippen LogP contribution in [0.4, 0.5) is 0 Å². The van der Waals surface area contributed by atoms with Crippen LogP contribution in [0.3, 0.4) is 0 Å². The first kappa shape index (κ1) is 8.75. The number of fused-ring (bicyclic) bond motifs is 2. The Kier molecular flexibility index (Phi) is 2.12. The zero-order valence-electron chi connectivity index (χ0n) is 7.64. The van der Waals surface area contributed by atoms with Gasteiger partial charge in [0.05, 0.1) is 18.1 Å². The van der Waals surface area contributed by atoms with Gasteiger partial charge in [0.2, 0.25) is 0 Å². The van der Waals surface area contributed by atoms with Crippen LogP contribution in [-0.4, -0.2) is 23.3 Å². The summed E-state index contributed by atoms with van der Waals surface area (Å²) in [4.78, 5) is 10.9. The minimum atomic E-state index is -0.683. The molecule has 3 nitrogen and oxygen atoms in total. The van der Waals surface area contributed by atoms with Crippen LogP contribution < -0.4 is 0 Å². The lowest BCUT2D eigenvalue weighted by molar-refractivity contribution is -0.144. The average molecular weight is 182 g/mol. The van der Waals surface area contributed by atoms with Gasteiger partial charge in [0.15, 0.2) is 0 Å². The van der Waals surface area contributed by atoms with Crippen LogP contribution in [0.1, 0.15) is 19.8 Å². The molecular formula is C10H14O3. The summed E-state index contributed by atoms with van der Waals surface area (Å²) in [5.41, 5.74) is 0. The molecular weight excluding hydrogens is 168 g/mol. The fourth-order valence-electron chi connectivity index (χ4n) is 2.36. The maximum atomic E-state index is 10.9. The van der Waals surface area contributed by atoms with Crippen molar-refractivity contribution in [2.75, 3.05) is 0 Å². The zero-order chi connectivity index (χ0) is 9.42. The lowest BCUT2D eigenvalue weighted by Gasteiger charge is -2.21. The van der Waals surface area contributed by atoms with Gasteiger partial charge in [0, 0.05) is 5.92 Å². The normalized spacial score (nSPS) is 38.1. The molecule has 0 aromatic heterocycles. The van der Waals surface area contributed by atoms with Crippen molar-refractivity contribution in [1.29, 1.82) is 0 Å². The Morgan fingerprint density at radius 2 is 2.46 bits per heavy atom. The van der Waals surface area contributed by atoms with E-state index in [0.29, 0.717) is 6.42 Å². The van der Waals surface area contributed by atoms with Gasteiger partial charge in [-0.15, -0.1) is 0 Å². The topological polar surface area (TPSA) is 46.5 Å². The number of ether oxygens (including phenoxy) is 1. The third-order valence-corrected chi connectivity index (χ3v) is 3.05. The third kappa shape index (κ3) is 1.37. The van der Waals surface area contributed by atoms with E-state index in [2.05, 4.69) is 0 Å². The summed E-state index contributed by atoms with van der Waals surface area (Å²) in [5, 5.41) is 8.98. The highest BCUT2D eigenvalue weighted by atomic mass is 16.5. The van der Waals surface area contributed by atoms with Crippen molar-refractivity contribution in [3.63, 3.8) is 0 Å². The summed E-state index contributed by atoms with van der Waals surface area (Å²) in [6.45, 7) is 1.93. The number of carboxylic acids is 1. The molecule has 0 aromatic rings. The number of hydrogen-bond acceptors (Lipinski definition) is 2. The van der Waals surface area contributed by atoms with Gasteiger partial charge in [-0.1, -0.05) is 19.1 Å². The Labute approximate surface area is 77.4 Å². The van der Waals surface area contributed by atoms with Crippen LogP contribution in [0, 0.1) is 11.8 Å². The SMILES string of the molecule is CCC(C(=O)O)C1CC2C=CC1O2. The Morgan fingerprint density at radius 1 is 1.69 bits per heavy atom. The molecule has 0 radical (unpaired) electrons. The second kappa shape index (κ2) is 3.14. The maximum Gasteiger partial charge on any atom is 0.306 e. The first-order valence-corrected chi connectivity index (χ1v) is 4.79. The lowest BCUT2D eigenvalue weighted by Crippen LogP contribution is -2.28. The van der Waals surface area contributed by atoms with Crippen LogP contribution >= 0.6 is 0 Å². The highest BCUT2D eigenvalue weighted by molar-refractivity contribution is 5.70. The summed E-state index contributed by atoms with van der Waals surface area (Å²) in [6, 6.07) is 0. The van der Waals surface area contributed by atoms with Gasteiger partial charge in [-0.2, -0.15) is 0 Å². The minimum Gasteiger partial charge on any atom is -0.481 e. The fraction of sp³-hybridized carbons (Fsp3) is 0.700. The molecule has 2 aliphatic rings. The molecule has 2 aliphatic heterocycles. The van der Waals surface area contributed by atoms with Gasteiger partial charge in [0.1, 0.15) is 0 Å². The van der Waals surface area contributed by atoms with Gasteiger partial charge in [-0.05, 0) is 12.8 Å². The largest absolute Gasteiger partial charge is 0.481 e. The van der Waals surface area contributed by atoms with Crippen molar-refractivity contribution in [1.82, 2.24) is 0 Å². The molecule has 0 amide bonds. The van der Waals surface area contributed by atoms with E-state index in [9.17, 15) is 4.79 Å². The molecule has 0 aliphatic carbocycles. The van der Waals surface area contributed by atoms with Crippen molar-refractivity contribution in [3.8, 4) is 0 Å². The van der Waals surface area contributed by atoms with E-state index in [0.717, 1.165) is 6.42 Å². The number of carboxylic acid groups (broad SMARTS) is 1. The fourth-order valence-corrected chi connectivity index (χ4v) is 2.36. The predicted molar refractivity (Wildman–Crippen MR) is 47.3 cm³/mol. The monoisotopic (exact) mass is 182 g/mol. The molecule has 0 spiro atoms. The molecule has 4 unspecified atom stereocenters. The molecule has 3 heteroatoms. The van der Waals surface area contributed by atoms with Gasteiger partial charge < -0.3 is 9.84 Å². The molecule has 1 N–H and O–H groups in total. The van der Waals surface area contributed by atoms with Crippen molar-refractivity contribution in [3.05, 3.63) is 12.2 Å². The second-order valence-electron chi connectivity index (χ2n) is 3.78. The van der Waals surface area contributed by atoms with E-state index in [1.807, 2.05) is 19.1 Å². The van der Waals surface area contributed by atoms with Gasteiger partial charge in [-0.25, -0.2) is 0 Å². The molecule has 4 atom stereocenters. The number of hydrogen-bond donors (Lipinski definition) is 1. The van der Waals surface area contributed by atoms with Crippen LogP contribution in [0.25, 0.3) is 0 Å². The standard InChI is InChI=1S/C10H14O3/c1-2-7(10(11)12)8-5-6-3-4-9(8)13-6/h3-4,6-9H,2,5H2,1H3,(H,11,12). The molecule has 13 heavy (non-hydrogen) atoms. The second-order valence-corrected chi connectivity index (χ2v) is 3.78. The first-order valence-electron chi connectivity index (χ1n) is 4.79. The predicted octanol–water partition coefficient (Wildman–Crippen LogP) is 1.44. The van der Waals surface area contributed by atoms with Crippen molar-refractivity contribution < 1.29 is 14.6 Å². The van der Waals surface area contributed by atoms with Crippen LogP contribution in [0.15, 0.2) is 12.2 Å². The smallest absolute Gasteiger partial charge is 0.306 e. The Balaban J connectivity index is 2.08. The minimum absolute atomic E-state index is 0.0612. The molecule has 0 saturated carbocycles. The quantitative estimate of drug-likeness (QED) is 0.672. The molecule has 1 saturated heterocycles. The summed E-state index contributed by atoms with van der Waals surface area (Å²) in [7, 11) is 0. The lowest BCUT2D eigenvalue weighted by atomic mass is 9.81. The van der Waals surface area contributed by atoms with E-state index in [4.69, 9.17) is 9.84 Å². The number of carbonyl (C=O) groups is 1. The van der Waals surface area contributed by atoms with Crippen molar-refractivity contribution >= 4 is 5.97 Å². The zero-order valence-corrected chi connectivity index (χ0v) is 7.64. The van der Waals surface area contributed by atoms with Crippen LogP contribution in [0.2, 0.25) is 0 Å². The third-order valence-electron chi connectivity index (χ3n) is 3.05. The van der Waals surface area contributed by atoms with E-state index in [1.54, 1.807) is 0 Å². The van der Waals surface area contributed by atoms with E-state index in [-0.39, 0.29) is 24.0 Å². The molecule has 2 heterocycles. The summed E-state index contributed by atoms with van der Waals surface area (Å²) in [6.07, 6.45) is 5.86. The first-order chi connectivity index (χ1) is 6.22. The Hall–Kier alpha value is -0.830. The van der Waals surface area contributed by atoms with E-state index < -0.39 is 5.97 Å². The van der Waals surface area contributed by atoms with Crippen LogP contribution in [-0.2, 0) is 9.53 Å². The summed E-state index contributed by atoms with van der Waals surface area (Å²) >= 11 is 0. The molecule has 1 fully saturated rings. The van der Waals surface area contributed by atoms with Crippen molar-refractivity contribution in [2.24, 2.45) is 11.8 Å². The van der Waals surface area contributed by atoms with E-state index >= 15 is 0 Å². The Morgan fingerprint density at radius 3 is 2.85 bits per heavy atom. The van der Waals surface area contributed by atoms with Gasteiger partial charge in [-0.3, -0.25) is 4.79 Å². The summed E-state index contributed by atoms with van der Waals surface area (Å²) in [5.74, 6) is -0.727. The van der Waals surface area contributed by atoms with E-state index in [1.165, 1.54) is 0 Å².